The van der Waals surface area contributed by atoms with Crippen molar-refractivity contribution in [1.82, 2.24) is 25.8 Å². The van der Waals surface area contributed by atoms with E-state index in [4.69, 9.17) is 22.9 Å². The summed E-state index contributed by atoms with van der Waals surface area (Å²) in [7, 11) is 0. The molecule has 0 fully saturated rings. The summed E-state index contributed by atoms with van der Waals surface area (Å²) in [6.45, 7) is 3.68. The summed E-state index contributed by atoms with van der Waals surface area (Å²) in [5.41, 5.74) is 25.3. The highest BCUT2D eigenvalue weighted by molar-refractivity contribution is 5.89. The molecule has 0 aliphatic rings. The average molecular weight is 990 g/mol. The number of carbonyl (C=O) groups excluding carboxylic acids is 6. The Morgan fingerprint density at radius 3 is 1.34 bits per heavy atom. The lowest BCUT2D eigenvalue weighted by Crippen LogP contribution is -2.55. The van der Waals surface area contributed by atoms with Gasteiger partial charge in [0, 0.05) is 45.4 Å². The highest BCUT2D eigenvalue weighted by atomic mass is 16.2. The first-order valence-corrected chi connectivity index (χ1v) is 27.5. The Labute approximate surface area is 427 Å². The van der Waals surface area contributed by atoms with Gasteiger partial charge in [0.25, 0.3) is 0 Å². The molecule has 0 saturated heterocycles. The molecule has 6 amide bonds. The number of unbranched alkanes of at least 4 members (excludes halogenated alkanes) is 15. The topological polar surface area (TPSA) is 249 Å². The largest absolute Gasteiger partial charge is 0.368 e. The van der Waals surface area contributed by atoms with Gasteiger partial charge in [0.1, 0.15) is 18.1 Å². The summed E-state index contributed by atoms with van der Waals surface area (Å²) in [6, 6.07) is 16.7. The van der Waals surface area contributed by atoms with Crippen molar-refractivity contribution < 1.29 is 28.8 Å². The molecule has 15 nitrogen and oxygen atoms in total. The van der Waals surface area contributed by atoms with Crippen LogP contribution in [0.3, 0.4) is 0 Å². The van der Waals surface area contributed by atoms with Crippen LogP contribution in [0.4, 0.5) is 0 Å². The van der Waals surface area contributed by atoms with Gasteiger partial charge in [-0.15, -0.1) is 0 Å². The van der Waals surface area contributed by atoms with Crippen LogP contribution in [0.5, 0.6) is 0 Å². The maximum atomic E-state index is 14.4. The SMILES string of the molecule is CCCCCCCCCCCCCCCC(=O)N[C@@H](CCCCN)C(=O)NCCN(C(=O)CCc1ccccc1)[C@@H](CCCCN)C(=O)NCCN(C(=O)CCc1ccccc1)[C@@H](CCCCN)C(N)=O. The van der Waals surface area contributed by atoms with E-state index in [2.05, 4.69) is 22.9 Å². The molecule has 0 saturated carbocycles. The molecule has 400 valence electrons. The molecular weight excluding hydrogens is 895 g/mol. The van der Waals surface area contributed by atoms with E-state index in [-0.39, 0.29) is 62.6 Å². The third-order valence-electron chi connectivity index (χ3n) is 13.2. The molecule has 0 aliphatic carbocycles. The zero-order chi connectivity index (χ0) is 51.7. The van der Waals surface area contributed by atoms with E-state index >= 15 is 0 Å². The van der Waals surface area contributed by atoms with E-state index in [9.17, 15) is 28.8 Å². The molecule has 3 atom stereocenters. The number of amides is 6. The van der Waals surface area contributed by atoms with Gasteiger partial charge in [0.05, 0.1) is 0 Å². The lowest BCUT2D eigenvalue weighted by Gasteiger charge is -2.33. The zero-order valence-corrected chi connectivity index (χ0v) is 43.7. The maximum absolute atomic E-state index is 14.4. The number of primary amides is 1. The molecule has 0 spiro atoms. The summed E-state index contributed by atoms with van der Waals surface area (Å²) < 4.78 is 0. The van der Waals surface area contributed by atoms with Crippen LogP contribution in [0.1, 0.15) is 179 Å². The molecule has 2 aromatic carbocycles. The average Bonchev–Trinajstić information content (AvgIpc) is 3.37. The molecule has 0 heterocycles. The second-order valence-corrected chi connectivity index (χ2v) is 19.1. The Morgan fingerprint density at radius 1 is 0.479 bits per heavy atom. The van der Waals surface area contributed by atoms with Gasteiger partial charge in [-0.2, -0.15) is 0 Å². The summed E-state index contributed by atoms with van der Waals surface area (Å²) in [4.78, 5) is 85.2. The Balaban J connectivity index is 2.16. The van der Waals surface area contributed by atoms with Gasteiger partial charge >= 0.3 is 0 Å². The van der Waals surface area contributed by atoms with Gasteiger partial charge in [-0.25, -0.2) is 0 Å². The Kier molecular flexibility index (Phi) is 35.7. The van der Waals surface area contributed by atoms with Gasteiger partial charge in [-0.3, -0.25) is 28.8 Å². The molecule has 15 heteroatoms. The number of hydrogen-bond donors (Lipinski definition) is 7. The summed E-state index contributed by atoms with van der Waals surface area (Å²) in [5, 5.41) is 8.91. The van der Waals surface area contributed by atoms with Gasteiger partial charge in [-0.1, -0.05) is 145 Å². The van der Waals surface area contributed by atoms with Crippen molar-refractivity contribution in [1.29, 1.82) is 0 Å². The number of aryl methyl sites for hydroxylation is 2. The van der Waals surface area contributed by atoms with Crippen LogP contribution in [-0.4, -0.2) is 109 Å². The molecule has 2 aromatic rings. The smallest absolute Gasteiger partial charge is 0.242 e. The van der Waals surface area contributed by atoms with Crippen molar-refractivity contribution in [2.45, 2.75) is 198 Å². The Bertz CT molecular complexity index is 1740. The number of nitrogens with two attached hydrogens (primary N) is 4. The summed E-state index contributed by atoms with van der Waals surface area (Å²) in [5.74, 6) is -2.08. The van der Waals surface area contributed by atoms with Gasteiger partial charge < -0.3 is 48.7 Å². The minimum Gasteiger partial charge on any atom is -0.368 e. The van der Waals surface area contributed by atoms with E-state index in [0.717, 1.165) is 30.4 Å². The van der Waals surface area contributed by atoms with E-state index in [1.807, 2.05) is 60.7 Å². The van der Waals surface area contributed by atoms with Crippen LogP contribution >= 0.6 is 0 Å². The predicted molar refractivity (Wildman–Crippen MR) is 287 cm³/mol. The van der Waals surface area contributed by atoms with Crippen LogP contribution < -0.4 is 38.9 Å². The first-order chi connectivity index (χ1) is 34.6. The van der Waals surface area contributed by atoms with Crippen molar-refractivity contribution in [3.8, 4) is 0 Å². The van der Waals surface area contributed by atoms with E-state index in [1.165, 1.54) is 74.0 Å². The first-order valence-electron chi connectivity index (χ1n) is 27.5. The van der Waals surface area contributed by atoms with E-state index in [1.54, 1.807) is 0 Å². The van der Waals surface area contributed by atoms with Crippen molar-refractivity contribution in [3.63, 3.8) is 0 Å². The van der Waals surface area contributed by atoms with Crippen LogP contribution in [0.2, 0.25) is 0 Å². The molecular formula is C56H95N9O6. The number of hydrogen-bond acceptors (Lipinski definition) is 9. The molecule has 2 rings (SSSR count). The molecule has 71 heavy (non-hydrogen) atoms. The standard InChI is InChI=1S/C56H95N9O6/c1-2-3-4-5-6-7-8-9-10-11-12-13-20-34-51(66)63-48(31-21-24-39-57)55(70)61-42-45-65(53(68)38-36-47-29-18-15-19-30-47)50(33-23-26-41-59)56(71)62-43-44-64(49(54(60)69)32-22-25-40-58)52(67)37-35-46-27-16-14-17-28-46/h14-19,27-30,48-50H,2-13,20-26,31-45,57-59H2,1H3,(H2,60,69)(H,61,70)(H,62,71)(H,63,66)/t48-,49-,50-/m0/s1. The second-order valence-electron chi connectivity index (χ2n) is 19.1. The highest BCUT2D eigenvalue weighted by Crippen LogP contribution is 2.17. The van der Waals surface area contributed by atoms with Crippen molar-refractivity contribution in [2.75, 3.05) is 45.8 Å². The second kappa shape index (κ2) is 40.7. The fourth-order valence-electron chi connectivity index (χ4n) is 9.00. The predicted octanol–water partition coefficient (Wildman–Crippen LogP) is 6.72. The Hall–Kier alpha value is -4.86. The van der Waals surface area contributed by atoms with Crippen LogP contribution in [0, 0.1) is 0 Å². The summed E-state index contributed by atoms with van der Waals surface area (Å²) in [6.07, 6.45) is 22.2. The van der Waals surface area contributed by atoms with Gasteiger partial charge in [0.2, 0.25) is 35.4 Å². The molecule has 0 bridgehead atoms. The maximum Gasteiger partial charge on any atom is 0.242 e. The fraction of sp³-hybridized carbons (Fsp3) is 0.679. The molecule has 0 radical (unpaired) electrons. The summed E-state index contributed by atoms with van der Waals surface area (Å²) >= 11 is 0. The number of nitrogens with zero attached hydrogens (tertiary/aromatic N) is 2. The number of carbonyl (C=O) groups is 6. The van der Waals surface area contributed by atoms with Crippen LogP contribution in [0.25, 0.3) is 0 Å². The lowest BCUT2D eigenvalue weighted by molar-refractivity contribution is -0.141. The van der Waals surface area contributed by atoms with Crippen LogP contribution in [0.15, 0.2) is 60.7 Å². The number of nitrogens with one attached hydrogen (secondary N) is 3. The molecule has 0 aliphatic heterocycles. The van der Waals surface area contributed by atoms with Gasteiger partial charge in [-0.05, 0) is 108 Å². The lowest BCUT2D eigenvalue weighted by atomic mass is 10.0. The van der Waals surface area contributed by atoms with Crippen molar-refractivity contribution in [2.24, 2.45) is 22.9 Å². The fourth-order valence-corrected chi connectivity index (χ4v) is 9.00. The highest BCUT2D eigenvalue weighted by Gasteiger charge is 2.32. The third kappa shape index (κ3) is 28.7. The Morgan fingerprint density at radius 2 is 0.887 bits per heavy atom. The minimum absolute atomic E-state index is 0.0102. The normalized spacial score (nSPS) is 12.4. The zero-order valence-electron chi connectivity index (χ0n) is 43.7. The quantitative estimate of drug-likeness (QED) is 0.0348. The van der Waals surface area contributed by atoms with Gasteiger partial charge in [0.15, 0.2) is 0 Å². The molecule has 0 aromatic heterocycles. The monoisotopic (exact) mass is 990 g/mol. The van der Waals surface area contributed by atoms with E-state index < -0.39 is 29.9 Å². The van der Waals surface area contributed by atoms with E-state index in [0.29, 0.717) is 96.7 Å². The molecule has 0 unspecified atom stereocenters. The first kappa shape index (κ1) is 62.3. The number of rotatable bonds is 44. The molecule has 11 N–H and O–H groups in total. The number of benzene rings is 2. The van der Waals surface area contributed by atoms with Crippen molar-refractivity contribution in [3.05, 3.63) is 71.8 Å². The van der Waals surface area contributed by atoms with Crippen LogP contribution in [-0.2, 0) is 41.6 Å². The van der Waals surface area contributed by atoms with Crippen molar-refractivity contribution >= 4 is 35.4 Å². The third-order valence-corrected chi connectivity index (χ3v) is 13.2. The minimum atomic E-state index is -0.916.